The summed E-state index contributed by atoms with van der Waals surface area (Å²) < 4.78 is 31.0. The Balaban J connectivity index is 1.57. The molecule has 0 bridgehead atoms. The van der Waals surface area contributed by atoms with E-state index in [4.69, 9.17) is 13.9 Å². The molecule has 132 valence electrons. The average molecular weight is 418 g/mol. The molecule has 4 rings (SSSR count). The van der Waals surface area contributed by atoms with Crippen LogP contribution in [0.2, 0.25) is 0 Å². The summed E-state index contributed by atoms with van der Waals surface area (Å²) in [6.07, 6.45) is 0. The van der Waals surface area contributed by atoms with Crippen LogP contribution in [0.25, 0.3) is 11.3 Å². The van der Waals surface area contributed by atoms with Gasteiger partial charge in [0.1, 0.15) is 24.8 Å². The molecule has 1 amide bonds. The van der Waals surface area contributed by atoms with E-state index in [0.717, 1.165) is 0 Å². The molecule has 0 saturated heterocycles. The smallest absolute Gasteiger partial charge is 0.291 e. The molecule has 1 aliphatic rings. The Kier molecular flexibility index (Phi) is 4.38. The van der Waals surface area contributed by atoms with E-state index in [1.54, 1.807) is 36.4 Å². The van der Waals surface area contributed by atoms with Crippen LogP contribution in [-0.4, -0.2) is 19.1 Å². The second-order valence-electron chi connectivity index (χ2n) is 5.57. The Labute approximate surface area is 156 Å². The van der Waals surface area contributed by atoms with E-state index in [0.29, 0.717) is 40.4 Å². The molecule has 3 aromatic rings. The molecule has 2 heterocycles. The summed E-state index contributed by atoms with van der Waals surface area (Å²) in [5.41, 5.74) is 0.815. The Bertz CT molecular complexity index is 985. The van der Waals surface area contributed by atoms with Gasteiger partial charge in [-0.15, -0.1) is 0 Å². The molecule has 0 fully saturated rings. The Hall–Kier alpha value is -2.80. The molecule has 1 aliphatic heterocycles. The van der Waals surface area contributed by atoms with Crippen molar-refractivity contribution in [1.82, 2.24) is 0 Å². The lowest BCUT2D eigenvalue weighted by Gasteiger charge is -2.20. The zero-order valence-electron chi connectivity index (χ0n) is 13.4. The number of hydrogen-bond donors (Lipinski definition) is 1. The first-order valence-electron chi connectivity index (χ1n) is 7.87. The Morgan fingerprint density at radius 2 is 1.77 bits per heavy atom. The van der Waals surface area contributed by atoms with Crippen LogP contribution in [0.3, 0.4) is 0 Å². The number of rotatable bonds is 3. The lowest BCUT2D eigenvalue weighted by Crippen LogP contribution is -2.16. The third kappa shape index (κ3) is 3.17. The summed E-state index contributed by atoms with van der Waals surface area (Å²) in [5, 5.41) is 2.75. The molecule has 26 heavy (non-hydrogen) atoms. The number of halogens is 2. The van der Waals surface area contributed by atoms with Gasteiger partial charge < -0.3 is 19.2 Å². The highest BCUT2D eigenvalue weighted by Gasteiger charge is 2.19. The van der Waals surface area contributed by atoms with Gasteiger partial charge in [0.25, 0.3) is 5.91 Å². The number of anilines is 1. The fourth-order valence-corrected chi connectivity index (χ4v) is 3.03. The second kappa shape index (κ2) is 6.84. The molecular weight excluding hydrogens is 405 g/mol. The third-order valence-corrected chi connectivity index (χ3v) is 4.51. The molecule has 2 aromatic carbocycles. The highest BCUT2D eigenvalue weighted by molar-refractivity contribution is 9.10. The quantitative estimate of drug-likeness (QED) is 0.659. The van der Waals surface area contributed by atoms with Crippen molar-refractivity contribution in [2.75, 3.05) is 18.5 Å². The lowest BCUT2D eigenvalue weighted by atomic mass is 10.1. The number of furan rings is 1. The largest absolute Gasteiger partial charge is 0.486 e. The van der Waals surface area contributed by atoms with Gasteiger partial charge in [-0.3, -0.25) is 4.79 Å². The molecule has 1 N–H and O–H groups in total. The minimum atomic E-state index is -0.454. The molecule has 0 atom stereocenters. The highest BCUT2D eigenvalue weighted by Crippen LogP contribution is 2.38. The van der Waals surface area contributed by atoms with Crippen molar-refractivity contribution in [2.45, 2.75) is 0 Å². The molecule has 0 radical (unpaired) electrons. The fourth-order valence-electron chi connectivity index (χ4n) is 2.61. The zero-order chi connectivity index (χ0) is 18.1. The van der Waals surface area contributed by atoms with Crippen LogP contribution < -0.4 is 14.8 Å². The summed E-state index contributed by atoms with van der Waals surface area (Å²) in [5.74, 6) is 0.662. The van der Waals surface area contributed by atoms with Crippen molar-refractivity contribution in [2.24, 2.45) is 0 Å². The van der Waals surface area contributed by atoms with Crippen molar-refractivity contribution in [1.29, 1.82) is 0 Å². The van der Waals surface area contributed by atoms with Gasteiger partial charge in [0.05, 0.1) is 11.3 Å². The van der Waals surface area contributed by atoms with E-state index in [9.17, 15) is 9.18 Å². The maximum atomic E-state index is 13.9. The summed E-state index contributed by atoms with van der Waals surface area (Å²) in [6, 6.07) is 12.7. The van der Waals surface area contributed by atoms with Gasteiger partial charge in [0.2, 0.25) is 0 Å². The Morgan fingerprint density at radius 3 is 2.54 bits per heavy atom. The van der Waals surface area contributed by atoms with Crippen LogP contribution in [0.4, 0.5) is 10.1 Å². The normalized spacial score (nSPS) is 12.7. The second-order valence-corrected chi connectivity index (χ2v) is 6.43. The topological polar surface area (TPSA) is 60.7 Å². The summed E-state index contributed by atoms with van der Waals surface area (Å²) >= 11 is 3.40. The van der Waals surface area contributed by atoms with Crippen LogP contribution in [0.5, 0.6) is 11.5 Å². The van der Waals surface area contributed by atoms with E-state index in [2.05, 4.69) is 21.2 Å². The number of carbonyl (C=O) groups excluding carboxylic acids is 1. The monoisotopic (exact) mass is 417 g/mol. The van der Waals surface area contributed by atoms with Gasteiger partial charge in [-0.05, 0) is 40.2 Å². The van der Waals surface area contributed by atoms with Gasteiger partial charge >= 0.3 is 0 Å². The number of nitrogens with one attached hydrogen (secondary N) is 1. The zero-order valence-corrected chi connectivity index (χ0v) is 15.0. The molecule has 5 nitrogen and oxygen atoms in total. The molecule has 0 unspecified atom stereocenters. The average Bonchev–Trinajstić information content (AvgIpc) is 3.13. The van der Waals surface area contributed by atoms with E-state index in [1.807, 2.05) is 0 Å². The maximum absolute atomic E-state index is 13.9. The standard InChI is InChI=1S/C19H13BrFNO4/c20-12-9-17-18(25-8-7-24-17)10-14(12)22-19(23)16-6-5-15(26-16)11-3-1-2-4-13(11)21/h1-6,9-10H,7-8H2,(H,22,23). The Morgan fingerprint density at radius 1 is 1.04 bits per heavy atom. The van der Waals surface area contributed by atoms with Crippen LogP contribution in [0.1, 0.15) is 10.6 Å². The number of fused-ring (bicyclic) bond motifs is 1. The van der Waals surface area contributed by atoms with Gasteiger partial charge in [0, 0.05) is 16.6 Å². The van der Waals surface area contributed by atoms with Crippen molar-refractivity contribution >= 4 is 27.5 Å². The number of hydrogen-bond acceptors (Lipinski definition) is 4. The minimum absolute atomic E-state index is 0.0741. The van der Waals surface area contributed by atoms with Crippen molar-refractivity contribution in [3.8, 4) is 22.8 Å². The molecule has 7 heteroatoms. The number of ether oxygens (including phenoxy) is 2. The third-order valence-electron chi connectivity index (χ3n) is 3.85. The van der Waals surface area contributed by atoms with Gasteiger partial charge in [-0.2, -0.15) is 0 Å². The lowest BCUT2D eigenvalue weighted by molar-refractivity contribution is 0.0997. The SMILES string of the molecule is O=C(Nc1cc2c(cc1Br)OCCO2)c1ccc(-c2ccccc2F)o1. The first kappa shape index (κ1) is 16.7. The van der Waals surface area contributed by atoms with Crippen molar-refractivity contribution in [3.05, 3.63) is 64.6 Å². The first-order valence-corrected chi connectivity index (χ1v) is 8.66. The highest BCUT2D eigenvalue weighted by atomic mass is 79.9. The van der Waals surface area contributed by atoms with E-state index in [1.165, 1.54) is 12.1 Å². The fraction of sp³-hybridized carbons (Fsp3) is 0.105. The van der Waals surface area contributed by atoms with E-state index < -0.39 is 11.7 Å². The summed E-state index contributed by atoms with van der Waals surface area (Å²) in [4.78, 5) is 12.5. The van der Waals surface area contributed by atoms with Gasteiger partial charge in [0.15, 0.2) is 17.3 Å². The van der Waals surface area contributed by atoms with E-state index in [-0.39, 0.29) is 11.5 Å². The van der Waals surface area contributed by atoms with Crippen LogP contribution in [0.15, 0.2) is 57.4 Å². The number of carbonyl (C=O) groups is 1. The molecule has 0 saturated carbocycles. The molecular formula is C19H13BrFNO4. The number of benzene rings is 2. The maximum Gasteiger partial charge on any atom is 0.291 e. The predicted octanol–water partition coefficient (Wildman–Crippen LogP) is 4.87. The van der Waals surface area contributed by atoms with Crippen LogP contribution >= 0.6 is 15.9 Å². The number of amides is 1. The van der Waals surface area contributed by atoms with E-state index >= 15 is 0 Å². The van der Waals surface area contributed by atoms with Gasteiger partial charge in [-0.1, -0.05) is 12.1 Å². The molecule has 1 aromatic heterocycles. The van der Waals surface area contributed by atoms with Crippen molar-refractivity contribution < 1.29 is 23.1 Å². The first-order chi connectivity index (χ1) is 12.6. The summed E-state index contributed by atoms with van der Waals surface area (Å²) in [7, 11) is 0. The predicted molar refractivity (Wildman–Crippen MR) is 97.2 cm³/mol. The molecule has 0 aliphatic carbocycles. The van der Waals surface area contributed by atoms with Gasteiger partial charge in [-0.25, -0.2) is 4.39 Å². The van der Waals surface area contributed by atoms with Crippen LogP contribution in [-0.2, 0) is 0 Å². The van der Waals surface area contributed by atoms with Crippen molar-refractivity contribution in [3.63, 3.8) is 0 Å². The summed E-state index contributed by atoms with van der Waals surface area (Å²) in [6.45, 7) is 0.933. The molecule has 0 spiro atoms. The minimum Gasteiger partial charge on any atom is -0.486 e. The van der Waals surface area contributed by atoms with Crippen LogP contribution in [0, 0.1) is 5.82 Å².